The zero-order valence-electron chi connectivity index (χ0n) is 15.0. The van der Waals surface area contributed by atoms with E-state index in [1.807, 2.05) is 42.8 Å². The minimum Gasteiger partial charge on any atom is -0.344 e. The summed E-state index contributed by atoms with van der Waals surface area (Å²) in [6.45, 7) is 5.90. The van der Waals surface area contributed by atoms with Crippen LogP contribution in [0.1, 0.15) is 60.0 Å². The first-order chi connectivity index (χ1) is 12.1. The molecule has 2 heterocycles. The average Bonchev–Trinajstić information content (AvgIpc) is 3.02. The molecule has 1 unspecified atom stereocenters. The number of halogens is 2. The van der Waals surface area contributed by atoms with Crippen LogP contribution in [0, 0.1) is 6.92 Å². The van der Waals surface area contributed by atoms with Crippen LogP contribution in [0.5, 0.6) is 0 Å². The smallest absolute Gasteiger partial charge is 0.274 e. The van der Waals surface area contributed by atoms with Crippen molar-refractivity contribution in [1.29, 1.82) is 0 Å². The third-order valence-electron chi connectivity index (χ3n) is 4.78. The van der Waals surface area contributed by atoms with Crippen LogP contribution < -0.4 is 10.6 Å². The van der Waals surface area contributed by atoms with Gasteiger partial charge in [0.1, 0.15) is 0 Å². The van der Waals surface area contributed by atoms with Gasteiger partial charge in [0.05, 0.1) is 17.8 Å². The highest BCUT2D eigenvalue weighted by molar-refractivity contribution is 6.30. The number of nitrogens with zero attached hydrogens (tertiary/aromatic N) is 3. The van der Waals surface area contributed by atoms with E-state index < -0.39 is 0 Å². The summed E-state index contributed by atoms with van der Waals surface area (Å²) in [7, 11) is 0. The Morgan fingerprint density at radius 2 is 2.00 bits per heavy atom. The fourth-order valence-corrected chi connectivity index (χ4v) is 3.42. The third-order valence-corrected chi connectivity index (χ3v) is 5.03. The molecular formula is C18H25Cl2N5O. The summed E-state index contributed by atoms with van der Waals surface area (Å²) >= 11 is 5.95. The molecule has 2 N–H and O–H groups in total. The lowest BCUT2D eigenvalue weighted by Gasteiger charge is -2.23. The molecule has 1 aliphatic rings. The summed E-state index contributed by atoms with van der Waals surface area (Å²) < 4.78 is 1.90. The van der Waals surface area contributed by atoms with Crippen LogP contribution in [0.4, 0.5) is 0 Å². The van der Waals surface area contributed by atoms with E-state index in [1.54, 1.807) is 0 Å². The quantitative estimate of drug-likeness (QED) is 0.809. The number of amides is 1. The number of nitrogens with one attached hydrogen (secondary N) is 2. The van der Waals surface area contributed by atoms with Gasteiger partial charge in [0, 0.05) is 5.02 Å². The van der Waals surface area contributed by atoms with Gasteiger partial charge in [-0.25, -0.2) is 4.68 Å². The number of carbonyl (C=O) groups excluding carboxylic acids is 1. The SMILES string of the molecule is CCC(NC(=O)c1nnn(C2CCNCC2)c1C)c1ccc(Cl)cc1.Cl. The third kappa shape index (κ3) is 4.55. The molecule has 6 nitrogen and oxygen atoms in total. The molecule has 0 saturated carbocycles. The van der Waals surface area contributed by atoms with Gasteiger partial charge in [-0.05, 0) is 57.0 Å². The Bertz CT molecular complexity index is 726. The first-order valence-electron chi connectivity index (χ1n) is 8.79. The predicted octanol–water partition coefficient (Wildman–Crippen LogP) is 3.47. The Labute approximate surface area is 165 Å². The van der Waals surface area contributed by atoms with Crippen LogP contribution in [0.2, 0.25) is 5.02 Å². The van der Waals surface area contributed by atoms with Gasteiger partial charge in [-0.2, -0.15) is 0 Å². The molecule has 2 aromatic rings. The molecule has 0 aliphatic carbocycles. The maximum atomic E-state index is 12.7. The van der Waals surface area contributed by atoms with Crippen molar-refractivity contribution in [1.82, 2.24) is 25.6 Å². The van der Waals surface area contributed by atoms with Crippen LogP contribution in [0.3, 0.4) is 0 Å². The molecule has 8 heteroatoms. The highest BCUT2D eigenvalue weighted by atomic mass is 35.5. The van der Waals surface area contributed by atoms with Crippen LogP contribution in [0.25, 0.3) is 0 Å². The average molecular weight is 398 g/mol. The predicted molar refractivity (Wildman–Crippen MR) is 105 cm³/mol. The van der Waals surface area contributed by atoms with Crippen LogP contribution in [-0.4, -0.2) is 34.0 Å². The summed E-state index contributed by atoms with van der Waals surface area (Å²) in [6.07, 6.45) is 2.80. The highest BCUT2D eigenvalue weighted by Gasteiger charge is 2.24. The minimum atomic E-state index is -0.181. The molecule has 3 rings (SSSR count). The normalized spacial score (nSPS) is 16.0. The van der Waals surface area contributed by atoms with E-state index >= 15 is 0 Å². The number of carbonyl (C=O) groups is 1. The summed E-state index contributed by atoms with van der Waals surface area (Å²) in [5, 5.41) is 15.5. The van der Waals surface area contributed by atoms with E-state index in [-0.39, 0.29) is 24.4 Å². The summed E-state index contributed by atoms with van der Waals surface area (Å²) in [5.41, 5.74) is 2.27. The number of rotatable bonds is 5. The monoisotopic (exact) mass is 397 g/mol. The van der Waals surface area contributed by atoms with Gasteiger partial charge in [0.2, 0.25) is 0 Å². The summed E-state index contributed by atoms with van der Waals surface area (Å²) in [4.78, 5) is 12.7. The number of hydrogen-bond acceptors (Lipinski definition) is 4. The van der Waals surface area contributed by atoms with Gasteiger partial charge in [-0.1, -0.05) is 35.9 Å². The van der Waals surface area contributed by atoms with E-state index in [4.69, 9.17) is 11.6 Å². The molecule has 1 atom stereocenters. The molecule has 142 valence electrons. The van der Waals surface area contributed by atoms with Gasteiger partial charge in [-0.3, -0.25) is 4.79 Å². The lowest BCUT2D eigenvalue weighted by atomic mass is 10.0. The standard InChI is InChI=1S/C18H24ClN5O.ClH/c1-3-16(13-4-6-14(19)7-5-13)21-18(25)17-12(2)24(23-22-17)15-8-10-20-11-9-15;/h4-7,15-16,20H,3,8-11H2,1-2H3,(H,21,25);1H. The molecule has 1 saturated heterocycles. The Morgan fingerprint density at radius 1 is 1.35 bits per heavy atom. The van der Waals surface area contributed by atoms with Gasteiger partial charge in [0.25, 0.3) is 5.91 Å². The summed E-state index contributed by atoms with van der Waals surface area (Å²) in [6, 6.07) is 7.79. The van der Waals surface area contributed by atoms with Crippen molar-refractivity contribution in [2.45, 2.75) is 45.2 Å². The van der Waals surface area contributed by atoms with Crippen molar-refractivity contribution in [2.75, 3.05) is 13.1 Å². The number of hydrogen-bond donors (Lipinski definition) is 2. The number of piperidine rings is 1. The van der Waals surface area contributed by atoms with Crippen molar-refractivity contribution in [2.24, 2.45) is 0 Å². The van der Waals surface area contributed by atoms with Gasteiger partial charge in [0.15, 0.2) is 5.69 Å². The molecule has 0 bridgehead atoms. The summed E-state index contributed by atoms with van der Waals surface area (Å²) in [5.74, 6) is -0.181. The highest BCUT2D eigenvalue weighted by Crippen LogP contribution is 2.22. The zero-order chi connectivity index (χ0) is 17.8. The molecule has 1 amide bonds. The van der Waals surface area contributed by atoms with Crippen molar-refractivity contribution >= 4 is 29.9 Å². The fourth-order valence-electron chi connectivity index (χ4n) is 3.29. The minimum absolute atomic E-state index is 0. The van der Waals surface area contributed by atoms with E-state index in [2.05, 4.69) is 20.9 Å². The second kappa shape index (κ2) is 9.35. The second-order valence-corrected chi connectivity index (χ2v) is 6.87. The molecule has 1 aromatic heterocycles. The van der Waals surface area contributed by atoms with Crippen molar-refractivity contribution in [3.05, 3.63) is 46.2 Å². The van der Waals surface area contributed by atoms with Crippen LogP contribution in [0.15, 0.2) is 24.3 Å². The maximum Gasteiger partial charge on any atom is 0.274 e. The largest absolute Gasteiger partial charge is 0.344 e. The Balaban J connectivity index is 0.00000243. The van der Waals surface area contributed by atoms with E-state index in [9.17, 15) is 4.79 Å². The fraction of sp³-hybridized carbons (Fsp3) is 0.500. The lowest BCUT2D eigenvalue weighted by molar-refractivity contribution is 0.0929. The van der Waals surface area contributed by atoms with Crippen molar-refractivity contribution < 1.29 is 4.79 Å². The molecular weight excluding hydrogens is 373 g/mol. The molecule has 1 aromatic carbocycles. The first-order valence-corrected chi connectivity index (χ1v) is 9.16. The molecule has 0 radical (unpaired) electrons. The van der Waals surface area contributed by atoms with Crippen LogP contribution in [-0.2, 0) is 0 Å². The van der Waals surface area contributed by atoms with Crippen LogP contribution >= 0.6 is 24.0 Å². The molecule has 1 fully saturated rings. The van der Waals surface area contributed by atoms with Gasteiger partial charge < -0.3 is 10.6 Å². The topological polar surface area (TPSA) is 71.8 Å². The second-order valence-electron chi connectivity index (χ2n) is 6.44. The number of aromatic nitrogens is 3. The van der Waals surface area contributed by atoms with Crippen molar-refractivity contribution in [3.63, 3.8) is 0 Å². The lowest BCUT2D eigenvalue weighted by Crippen LogP contribution is -2.31. The Morgan fingerprint density at radius 3 is 2.62 bits per heavy atom. The van der Waals surface area contributed by atoms with E-state index in [0.29, 0.717) is 16.8 Å². The zero-order valence-corrected chi connectivity index (χ0v) is 16.6. The van der Waals surface area contributed by atoms with Gasteiger partial charge in [-0.15, -0.1) is 17.5 Å². The van der Waals surface area contributed by atoms with Gasteiger partial charge >= 0.3 is 0 Å². The van der Waals surface area contributed by atoms with E-state index in [0.717, 1.165) is 43.6 Å². The first kappa shape index (κ1) is 20.7. The Kier molecular flexibility index (Phi) is 7.43. The molecule has 1 aliphatic heterocycles. The molecule has 26 heavy (non-hydrogen) atoms. The Hall–Kier alpha value is -1.63. The van der Waals surface area contributed by atoms with Crippen molar-refractivity contribution in [3.8, 4) is 0 Å². The van der Waals surface area contributed by atoms with E-state index in [1.165, 1.54) is 0 Å². The molecule has 0 spiro atoms. The number of benzene rings is 1. The maximum absolute atomic E-state index is 12.7.